The fourth-order valence-electron chi connectivity index (χ4n) is 1.59. The molecule has 0 atom stereocenters. The lowest BCUT2D eigenvalue weighted by Crippen LogP contribution is -1.88. The molecule has 78 valence electrons. The van der Waals surface area contributed by atoms with Gasteiger partial charge in [0.15, 0.2) is 5.58 Å². The Balaban J connectivity index is 2.23. The first-order valence-electron chi connectivity index (χ1n) is 4.90. The monoisotopic (exact) mass is 211 g/mol. The molecule has 3 aromatic rings. The van der Waals surface area contributed by atoms with Crippen LogP contribution in [0.5, 0.6) is 0 Å². The van der Waals surface area contributed by atoms with Gasteiger partial charge in [-0.05, 0) is 12.1 Å². The van der Waals surface area contributed by atoms with Crippen molar-refractivity contribution in [2.24, 2.45) is 0 Å². The summed E-state index contributed by atoms with van der Waals surface area (Å²) in [5, 5.41) is 0. The van der Waals surface area contributed by atoms with Crippen molar-refractivity contribution in [2.45, 2.75) is 0 Å². The molecule has 2 heterocycles. The molecule has 2 N–H and O–H groups in total. The number of benzene rings is 1. The van der Waals surface area contributed by atoms with Crippen LogP contribution in [-0.2, 0) is 0 Å². The quantitative estimate of drug-likeness (QED) is 0.628. The molecule has 3 rings (SSSR count). The third-order valence-corrected chi connectivity index (χ3v) is 2.38. The highest BCUT2D eigenvalue weighted by atomic mass is 16.3. The Hall–Kier alpha value is -2.36. The molecule has 0 amide bonds. The van der Waals surface area contributed by atoms with Gasteiger partial charge in [-0.2, -0.15) is 0 Å². The maximum absolute atomic E-state index is 5.86. The lowest BCUT2D eigenvalue weighted by atomic mass is 10.2. The van der Waals surface area contributed by atoms with E-state index < -0.39 is 0 Å². The molecule has 0 bridgehead atoms. The molecule has 2 aromatic heterocycles. The van der Waals surface area contributed by atoms with Crippen molar-refractivity contribution >= 4 is 16.8 Å². The van der Waals surface area contributed by atoms with Crippen molar-refractivity contribution in [1.82, 2.24) is 9.97 Å². The second-order valence-corrected chi connectivity index (χ2v) is 3.45. The number of oxazole rings is 1. The number of hydrogen-bond acceptors (Lipinski definition) is 4. The van der Waals surface area contributed by atoms with Crippen molar-refractivity contribution in [3.8, 4) is 11.5 Å². The normalized spacial score (nSPS) is 10.8. The van der Waals surface area contributed by atoms with E-state index in [1.165, 1.54) is 0 Å². The minimum Gasteiger partial charge on any atom is -0.436 e. The molecule has 1 aromatic carbocycles. The molecule has 4 nitrogen and oxygen atoms in total. The maximum atomic E-state index is 5.86. The lowest BCUT2D eigenvalue weighted by Gasteiger charge is -1.98. The van der Waals surface area contributed by atoms with Gasteiger partial charge in [0.1, 0.15) is 5.52 Å². The number of aromatic nitrogens is 2. The number of anilines is 1. The third-order valence-electron chi connectivity index (χ3n) is 2.38. The molecule has 0 spiro atoms. The summed E-state index contributed by atoms with van der Waals surface area (Å²) in [6.45, 7) is 0. The van der Waals surface area contributed by atoms with Crippen LogP contribution in [0.1, 0.15) is 0 Å². The molecule has 0 aliphatic heterocycles. The van der Waals surface area contributed by atoms with E-state index in [-0.39, 0.29) is 0 Å². The molecule has 0 aliphatic carbocycles. The average molecular weight is 211 g/mol. The van der Waals surface area contributed by atoms with Crippen molar-refractivity contribution in [2.75, 3.05) is 5.73 Å². The van der Waals surface area contributed by atoms with Crippen molar-refractivity contribution in [3.63, 3.8) is 0 Å². The van der Waals surface area contributed by atoms with Crippen molar-refractivity contribution in [1.29, 1.82) is 0 Å². The van der Waals surface area contributed by atoms with Crippen LogP contribution >= 0.6 is 0 Å². The Morgan fingerprint density at radius 1 is 1.12 bits per heavy atom. The van der Waals surface area contributed by atoms with Crippen LogP contribution in [0.15, 0.2) is 47.1 Å². The number of nitrogen functional groups attached to an aromatic ring is 1. The average Bonchev–Trinajstić information content (AvgIpc) is 2.73. The first-order valence-corrected chi connectivity index (χ1v) is 4.90. The van der Waals surface area contributed by atoms with E-state index in [0.29, 0.717) is 17.2 Å². The van der Waals surface area contributed by atoms with E-state index in [1.54, 1.807) is 18.5 Å². The SMILES string of the molecule is Nc1ccccc1-c1nc2cnccc2o1. The molecule has 0 saturated heterocycles. The zero-order valence-electron chi connectivity index (χ0n) is 8.42. The third kappa shape index (κ3) is 1.32. The fourth-order valence-corrected chi connectivity index (χ4v) is 1.59. The van der Waals surface area contributed by atoms with Gasteiger partial charge in [-0.25, -0.2) is 4.98 Å². The molecule has 16 heavy (non-hydrogen) atoms. The van der Waals surface area contributed by atoms with E-state index >= 15 is 0 Å². The standard InChI is InChI=1S/C12H9N3O/c13-9-4-2-1-3-8(9)12-15-10-7-14-6-5-11(10)16-12/h1-7H,13H2. The number of para-hydroxylation sites is 1. The summed E-state index contributed by atoms with van der Waals surface area (Å²) in [7, 11) is 0. The van der Waals surface area contributed by atoms with Crippen LogP contribution in [0.2, 0.25) is 0 Å². The van der Waals surface area contributed by atoms with Gasteiger partial charge >= 0.3 is 0 Å². The summed E-state index contributed by atoms with van der Waals surface area (Å²) < 4.78 is 5.60. The predicted octanol–water partition coefficient (Wildman–Crippen LogP) is 2.47. The second kappa shape index (κ2) is 3.34. The number of pyridine rings is 1. The Kier molecular flexibility index (Phi) is 1.86. The van der Waals surface area contributed by atoms with E-state index in [0.717, 1.165) is 11.1 Å². The van der Waals surface area contributed by atoms with Crippen LogP contribution in [0.25, 0.3) is 22.6 Å². The van der Waals surface area contributed by atoms with Crippen LogP contribution < -0.4 is 5.73 Å². The van der Waals surface area contributed by atoms with Crippen molar-refractivity contribution < 1.29 is 4.42 Å². The van der Waals surface area contributed by atoms with Gasteiger partial charge in [-0.15, -0.1) is 0 Å². The Bertz CT molecular complexity index is 612. The van der Waals surface area contributed by atoms with E-state index in [1.807, 2.05) is 24.3 Å². The molecule has 4 heteroatoms. The van der Waals surface area contributed by atoms with Crippen LogP contribution in [0.4, 0.5) is 5.69 Å². The summed E-state index contributed by atoms with van der Waals surface area (Å²) in [4.78, 5) is 8.32. The first-order chi connectivity index (χ1) is 7.84. The number of fused-ring (bicyclic) bond motifs is 1. The van der Waals surface area contributed by atoms with E-state index in [9.17, 15) is 0 Å². The van der Waals surface area contributed by atoms with Gasteiger partial charge in [0.2, 0.25) is 5.89 Å². The summed E-state index contributed by atoms with van der Waals surface area (Å²) in [6.07, 6.45) is 3.34. The molecule has 0 aliphatic rings. The zero-order chi connectivity index (χ0) is 11.0. The molecule has 0 unspecified atom stereocenters. The highest BCUT2D eigenvalue weighted by Crippen LogP contribution is 2.27. The zero-order valence-corrected chi connectivity index (χ0v) is 8.42. The Morgan fingerprint density at radius 3 is 2.81 bits per heavy atom. The number of rotatable bonds is 1. The molecule has 0 saturated carbocycles. The van der Waals surface area contributed by atoms with E-state index in [4.69, 9.17) is 10.2 Å². The molecular formula is C12H9N3O. The summed E-state index contributed by atoms with van der Waals surface area (Å²) in [5.41, 5.74) is 8.77. The largest absolute Gasteiger partial charge is 0.436 e. The molecule has 0 fully saturated rings. The van der Waals surface area contributed by atoms with Crippen LogP contribution in [0.3, 0.4) is 0 Å². The Morgan fingerprint density at radius 2 is 2.00 bits per heavy atom. The van der Waals surface area contributed by atoms with Gasteiger partial charge in [0, 0.05) is 18.0 Å². The Labute approximate surface area is 91.7 Å². The summed E-state index contributed by atoms with van der Waals surface area (Å²) in [6, 6.07) is 9.27. The highest BCUT2D eigenvalue weighted by Gasteiger charge is 2.09. The van der Waals surface area contributed by atoms with Crippen LogP contribution in [-0.4, -0.2) is 9.97 Å². The minimum absolute atomic E-state index is 0.529. The number of nitrogens with two attached hydrogens (primary N) is 1. The minimum atomic E-state index is 0.529. The first kappa shape index (κ1) is 8.91. The smallest absolute Gasteiger partial charge is 0.229 e. The van der Waals surface area contributed by atoms with Gasteiger partial charge in [-0.1, -0.05) is 12.1 Å². The highest BCUT2D eigenvalue weighted by molar-refractivity contribution is 5.78. The van der Waals surface area contributed by atoms with Gasteiger partial charge in [0.05, 0.1) is 11.8 Å². The van der Waals surface area contributed by atoms with Gasteiger partial charge in [-0.3, -0.25) is 4.98 Å². The lowest BCUT2D eigenvalue weighted by molar-refractivity contribution is 0.620. The summed E-state index contributed by atoms with van der Waals surface area (Å²) in [5.74, 6) is 0.529. The molecule has 0 radical (unpaired) electrons. The van der Waals surface area contributed by atoms with Crippen LogP contribution in [0, 0.1) is 0 Å². The topological polar surface area (TPSA) is 64.9 Å². The fraction of sp³-hybridized carbons (Fsp3) is 0. The number of nitrogens with zero attached hydrogens (tertiary/aromatic N) is 2. The van der Waals surface area contributed by atoms with E-state index in [2.05, 4.69) is 9.97 Å². The van der Waals surface area contributed by atoms with Crippen molar-refractivity contribution in [3.05, 3.63) is 42.7 Å². The summed E-state index contributed by atoms with van der Waals surface area (Å²) >= 11 is 0. The second-order valence-electron chi connectivity index (χ2n) is 3.45. The van der Waals surface area contributed by atoms with Gasteiger partial charge < -0.3 is 10.2 Å². The maximum Gasteiger partial charge on any atom is 0.229 e. The van der Waals surface area contributed by atoms with Gasteiger partial charge in [0.25, 0.3) is 0 Å². The number of hydrogen-bond donors (Lipinski definition) is 1. The molecular weight excluding hydrogens is 202 g/mol. The predicted molar refractivity (Wildman–Crippen MR) is 61.7 cm³/mol.